The quantitative estimate of drug-likeness (QED) is 0.128. The summed E-state index contributed by atoms with van der Waals surface area (Å²) in [6.45, 7) is 4.21. The SMILES string of the molecule is COC(=O)CCC1=C(C)c2cc3[nH]c(cc4nc(cc5[nH]c(cc1n2)c1c5-c2cccc5cccc-1c25)C(CCC(=O)OC)=C4C)c1c2ccccc2c2ccccc2c31. The van der Waals surface area contributed by atoms with Gasteiger partial charge in [0.15, 0.2) is 0 Å². The summed E-state index contributed by atoms with van der Waals surface area (Å²) < 4.78 is 10.2. The number of methoxy groups -OCH3 is 2. The van der Waals surface area contributed by atoms with Crippen LogP contribution in [0.4, 0.5) is 0 Å². The average Bonchev–Trinajstić information content (AvgIpc) is 4.05. The lowest BCUT2D eigenvalue weighted by atomic mass is 9.95. The summed E-state index contributed by atoms with van der Waals surface area (Å²) in [5.41, 5.74) is 15.5. The monoisotopic (exact) mass is 784 g/mol. The van der Waals surface area contributed by atoms with Gasteiger partial charge in [-0.1, -0.05) is 84.9 Å². The number of carbonyl (C=O) groups excluding carboxylic acids is 2. The summed E-state index contributed by atoms with van der Waals surface area (Å²) >= 11 is 0. The Labute approximate surface area is 345 Å². The molecule has 0 fully saturated rings. The number of aromatic nitrogens is 4. The van der Waals surface area contributed by atoms with Gasteiger partial charge in [-0.05, 0) is 117 Å². The van der Waals surface area contributed by atoms with Crippen molar-refractivity contribution in [3.05, 3.63) is 132 Å². The van der Waals surface area contributed by atoms with Crippen LogP contribution in [0.1, 0.15) is 62.3 Å². The lowest BCUT2D eigenvalue weighted by molar-refractivity contribution is -0.141. The summed E-state index contributed by atoms with van der Waals surface area (Å²) in [7, 11) is 2.86. The molecule has 11 rings (SSSR count). The Balaban J connectivity index is 1.32. The van der Waals surface area contributed by atoms with Gasteiger partial charge in [0, 0.05) is 56.8 Å². The summed E-state index contributed by atoms with van der Waals surface area (Å²) in [5.74, 6) is -0.530. The molecule has 60 heavy (non-hydrogen) atoms. The smallest absolute Gasteiger partial charge is 0.305 e. The second-order valence-electron chi connectivity index (χ2n) is 15.9. The Bertz CT molecular complexity index is 3250. The van der Waals surface area contributed by atoms with Gasteiger partial charge in [0.05, 0.1) is 37.0 Å². The molecule has 0 unspecified atom stereocenters. The van der Waals surface area contributed by atoms with E-state index in [1.165, 1.54) is 35.8 Å². The van der Waals surface area contributed by atoms with E-state index in [1.54, 1.807) is 0 Å². The highest BCUT2D eigenvalue weighted by molar-refractivity contribution is 6.33. The average molecular weight is 785 g/mol. The molecule has 3 aromatic heterocycles. The van der Waals surface area contributed by atoms with Crippen molar-refractivity contribution in [3.8, 4) is 22.3 Å². The zero-order valence-electron chi connectivity index (χ0n) is 33.7. The van der Waals surface area contributed by atoms with Gasteiger partial charge in [0.25, 0.3) is 0 Å². The van der Waals surface area contributed by atoms with Gasteiger partial charge in [-0.2, -0.15) is 0 Å². The minimum absolute atomic E-state index is 0.232. The molecule has 5 aromatic carbocycles. The third-order valence-electron chi connectivity index (χ3n) is 12.8. The first-order valence-electron chi connectivity index (χ1n) is 20.4. The number of aromatic amines is 2. The maximum Gasteiger partial charge on any atom is 0.305 e. The summed E-state index contributed by atoms with van der Waals surface area (Å²) in [6, 6.07) is 38.7. The Kier molecular flexibility index (Phi) is 8.14. The van der Waals surface area contributed by atoms with Gasteiger partial charge in [-0.3, -0.25) is 9.59 Å². The standard InChI is InChI=1S/C52H40N4O4/c1-27-30(19-21-46(57)59-3)40-25-44-51-36-17-9-11-29-12-10-18-37(48(29)36)52(51)45(56-44)26-41-31(20-22-47(58)60-4)28(2)39(54-41)24-43-50-35-16-8-6-14-33(35)32-13-5-7-15-34(32)49(50)42(55-43)23-38(27)53-40/h5-18,23-26,55-56H,19-22H2,1-4H3. The van der Waals surface area contributed by atoms with Crippen LogP contribution < -0.4 is 0 Å². The van der Waals surface area contributed by atoms with Gasteiger partial charge in [-0.15, -0.1) is 0 Å². The lowest BCUT2D eigenvalue weighted by Crippen LogP contribution is -2.00. The molecule has 8 bridgehead atoms. The fourth-order valence-corrected chi connectivity index (χ4v) is 9.87. The van der Waals surface area contributed by atoms with Crippen molar-refractivity contribution in [2.45, 2.75) is 39.5 Å². The highest BCUT2D eigenvalue weighted by atomic mass is 16.5. The van der Waals surface area contributed by atoms with Crippen molar-refractivity contribution in [3.63, 3.8) is 0 Å². The molecule has 0 saturated carbocycles. The number of hydrogen-bond acceptors (Lipinski definition) is 6. The van der Waals surface area contributed by atoms with Crippen molar-refractivity contribution in [2.24, 2.45) is 0 Å². The predicted octanol–water partition coefficient (Wildman–Crippen LogP) is 12.3. The van der Waals surface area contributed by atoms with Crippen LogP contribution in [-0.2, 0) is 19.1 Å². The molecule has 0 amide bonds. The fourth-order valence-electron chi connectivity index (χ4n) is 9.87. The largest absolute Gasteiger partial charge is 0.469 e. The maximum atomic E-state index is 12.6. The fraction of sp³-hybridized carbons (Fsp3) is 0.154. The highest BCUT2D eigenvalue weighted by Crippen LogP contribution is 2.52. The van der Waals surface area contributed by atoms with Crippen LogP contribution in [0.15, 0.2) is 109 Å². The molecule has 8 heteroatoms. The first-order chi connectivity index (χ1) is 29.3. The molecule has 0 spiro atoms. The number of rotatable bonds is 6. The minimum atomic E-state index is -0.265. The molecule has 1 aliphatic carbocycles. The van der Waals surface area contributed by atoms with Gasteiger partial charge in [0.1, 0.15) is 0 Å². The molecule has 0 saturated heterocycles. The highest BCUT2D eigenvalue weighted by Gasteiger charge is 2.28. The second-order valence-corrected chi connectivity index (χ2v) is 15.9. The zero-order chi connectivity index (χ0) is 40.8. The maximum absolute atomic E-state index is 12.6. The number of benzene rings is 5. The van der Waals surface area contributed by atoms with Crippen LogP contribution in [0, 0.1) is 0 Å². The number of ether oxygens (including phenoxy) is 2. The first kappa shape index (κ1) is 35.8. The number of nitrogens with one attached hydrogen (secondary N) is 2. The van der Waals surface area contributed by atoms with Crippen LogP contribution in [0.2, 0.25) is 0 Å². The molecule has 292 valence electrons. The van der Waals surface area contributed by atoms with E-state index in [0.717, 1.165) is 111 Å². The van der Waals surface area contributed by atoms with Crippen molar-refractivity contribution < 1.29 is 19.1 Å². The van der Waals surface area contributed by atoms with Crippen LogP contribution >= 0.6 is 0 Å². The van der Waals surface area contributed by atoms with E-state index in [1.807, 2.05) is 0 Å². The number of hydrogen-bond donors (Lipinski definition) is 2. The summed E-state index contributed by atoms with van der Waals surface area (Å²) in [4.78, 5) is 43.7. The second kappa shape index (κ2) is 13.6. The summed E-state index contributed by atoms with van der Waals surface area (Å²) in [5, 5.41) is 9.20. The number of esters is 2. The third kappa shape index (κ3) is 5.37. The Morgan fingerprint density at radius 2 is 0.917 bits per heavy atom. The normalized spacial score (nSPS) is 13.3. The number of H-pyrrole nitrogens is 2. The minimum Gasteiger partial charge on any atom is -0.469 e. The van der Waals surface area contributed by atoms with E-state index in [0.29, 0.717) is 12.8 Å². The Morgan fingerprint density at radius 1 is 0.500 bits per heavy atom. The molecule has 2 aliphatic heterocycles. The molecule has 8 nitrogen and oxygen atoms in total. The van der Waals surface area contributed by atoms with Crippen molar-refractivity contribution in [1.29, 1.82) is 0 Å². The number of allylic oxidation sites excluding steroid dienone is 4. The molecular weight excluding hydrogens is 745 g/mol. The van der Waals surface area contributed by atoms with E-state index in [-0.39, 0.29) is 24.8 Å². The van der Waals surface area contributed by atoms with E-state index >= 15 is 0 Å². The van der Waals surface area contributed by atoms with Gasteiger partial charge >= 0.3 is 11.9 Å². The Hall–Kier alpha value is -7.32. The van der Waals surface area contributed by atoms with Gasteiger partial charge in [0.2, 0.25) is 0 Å². The van der Waals surface area contributed by atoms with Crippen molar-refractivity contribution in [2.75, 3.05) is 14.2 Å². The lowest BCUT2D eigenvalue weighted by Gasteiger charge is -2.07. The molecule has 8 aromatic rings. The number of fused-ring (bicyclic) bond motifs is 21. The van der Waals surface area contributed by atoms with Gasteiger partial charge < -0.3 is 19.4 Å². The van der Waals surface area contributed by atoms with Crippen molar-refractivity contribution in [1.82, 2.24) is 19.9 Å². The van der Waals surface area contributed by atoms with Crippen LogP contribution in [0.5, 0.6) is 0 Å². The molecule has 0 atom stereocenters. The molecule has 0 radical (unpaired) electrons. The predicted molar refractivity (Wildman–Crippen MR) is 243 cm³/mol. The van der Waals surface area contributed by atoms with Gasteiger partial charge in [-0.25, -0.2) is 9.97 Å². The summed E-state index contributed by atoms with van der Waals surface area (Å²) in [6.07, 6.45) is 1.42. The molecule has 5 heterocycles. The molecule has 3 aliphatic rings. The molecule has 2 N–H and O–H groups in total. The van der Waals surface area contributed by atoms with E-state index in [2.05, 4.69) is 133 Å². The number of carbonyl (C=O) groups is 2. The van der Waals surface area contributed by atoms with Crippen LogP contribution in [-0.4, -0.2) is 46.1 Å². The van der Waals surface area contributed by atoms with Crippen molar-refractivity contribution >= 4 is 99.4 Å². The van der Waals surface area contributed by atoms with Crippen LogP contribution in [0.3, 0.4) is 0 Å². The Morgan fingerprint density at radius 3 is 1.37 bits per heavy atom. The topological polar surface area (TPSA) is 110 Å². The zero-order valence-corrected chi connectivity index (χ0v) is 33.7. The third-order valence-corrected chi connectivity index (χ3v) is 12.8. The van der Waals surface area contributed by atoms with E-state index in [9.17, 15) is 9.59 Å². The molecular formula is C52H40N4O4. The van der Waals surface area contributed by atoms with E-state index in [4.69, 9.17) is 19.4 Å². The van der Waals surface area contributed by atoms with Crippen LogP contribution in [0.25, 0.3) is 110 Å². The van der Waals surface area contributed by atoms with E-state index < -0.39 is 0 Å². The first-order valence-corrected chi connectivity index (χ1v) is 20.4. The number of nitrogens with zero attached hydrogens (tertiary/aromatic N) is 2.